The Balaban J connectivity index is 1.73. The van der Waals surface area contributed by atoms with Crippen molar-refractivity contribution in [2.75, 3.05) is 18.1 Å². The number of hydrogen-bond acceptors (Lipinski definition) is 4. The molecule has 0 saturated carbocycles. The summed E-state index contributed by atoms with van der Waals surface area (Å²) in [5.41, 5.74) is 1.45. The molecule has 2 aromatic rings. The minimum Gasteiger partial charge on any atom is -0.483 e. The fraction of sp³-hybridized carbons (Fsp3) is 0.188. The van der Waals surface area contributed by atoms with Gasteiger partial charge >= 0.3 is 0 Å². The van der Waals surface area contributed by atoms with Gasteiger partial charge in [-0.3, -0.25) is 4.79 Å². The fourth-order valence-electron chi connectivity index (χ4n) is 2.62. The van der Waals surface area contributed by atoms with E-state index < -0.39 is 10.0 Å². The molecule has 2 aromatic carbocycles. The first-order valence-electron chi connectivity index (χ1n) is 7.29. The monoisotopic (exact) mass is 444 g/mol. The molecule has 0 aliphatic carbocycles. The smallest absolute Gasteiger partial charge is 0.264 e. The number of amides is 1. The van der Waals surface area contributed by atoms with Crippen LogP contribution in [-0.4, -0.2) is 27.5 Å². The first-order valence-corrected chi connectivity index (χ1v) is 10.0. The average molecular weight is 446 g/mol. The van der Waals surface area contributed by atoms with Gasteiger partial charge in [-0.05, 0) is 64.3 Å². The van der Waals surface area contributed by atoms with Gasteiger partial charge in [-0.1, -0.05) is 11.6 Å². The molecule has 1 amide bonds. The molecular weight excluding hydrogens is 432 g/mol. The number of ether oxygens (including phenoxy) is 1. The summed E-state index contributed by atoms with van der Waals surface area (Å²) in [6, 6.07) is 9.53. The predicted molar refractivity (Wildman–Crippen MR) is 98.5 cm³/mol. The highest BCUT2D eigenvalue weighted by Gasteiger charge is 2.26. The Morgan fingerprint density at radius 2 is 2.04 bits per heavy atom. The van der Waals surface area contributed by atoms with Crippen LogP contribution >= 0.6 is 27.5 Å². The third-order valence-corrected chi connectivity index (χ3v) is 5.59. The zero-order valence-corrected chi connectivity index (χ0v) is 16.1. The quantitative estimate of drug-likeness (QED) is 0.783. The second-order valence-corrected chi connectivity index (χ2v) is 8.35. The topological polar surface area (TPSA) is 89.7 Å². The number of fused-ring (bicyclic) bond motifs is 1. The van der Waals surface area contributed by atoms with Crippen molar-refractivity contribution in [1.82, 2.24) is 0 Å². The maximum absolute atomic E-state index is 12.5. The van der Waals surface area contributed by atoms with Gasteiger partial charge in [0.1, 0.15) is 5.75 Å². The van der Waals surface area contributed by atoms with E-state index in [1.165, 1.54) is 12.1 Å². The van der Waals surface area contributed by atoms with E-state index in [9.17, 15) is 13.2 Å². The molecule has 0 fully saturated rings. The lowest BCUT2D eigenvalue weighted by molar-refractivity contribution is -0.120. The highest BCUT2D eigenvalue weighted by Crippen LogP contribution is 2.31. The van der Waals surface area contributed by atoms with Gasteiger partial charge in [-0.2, -0.15) is 0 Å². The summed E-state index contributed by atoms with van der Waals surface area (Å²) in [4.78, 5) is 14.1. The first-order chi connectivity index (χ1) is 11.8. The number of sulfonamides is 1. The van der Waals surface area contributed by atoms with Crippen molar-refractivity contribution < 1.29 is 17.9 Å². The number of carbonyl (C=O) groups excluding carboxylic acids is 1. The van der Waals surface area contributed by atoms with Crippen LogP contribution in [0.4, 0.5) is 5.69 Å². The van der Waals surface area contributed by atoms with E-state index in [2.05, 4.69) is 15.9 Å². The van der Waals surface area contributed by atoms with E-state index in [1.807, 2.05) is 0 Å². The Morgan fingerprint density at radius 1 is 1.28 bits per heavy atom. The highest BCUT2D eigenvalue weighted by atomic mass is 79.9. The van der Waals surface area contributed by atoms with Crippen molar-refractivity contribution in [3.8, 4) is 5.75 Å². The summed E-state index contributed by atoms with van der Waals surface area (Å²) >= 11 is 9.20. The average Bonchev–Trinajstić information content (AvgIpc) is 2.96. The lowest BCUT2D eigenvalue weighted by Crippen LogP contribution is -2.33. The molecule has 1 heterocycles. The standard InChI is InChI=1S/C16H14BrClN2O4S/c17-13-8-11(18)1-4-15(13)24-9-16(21)20-6-5-10-7-12(25(19,22)23)2-3-14(10)20/h1-4,7-8H,5-6,9H2,(H2,19,22,23). The van der Waals surface area contributed by atoms with Gasteiger partial charge in [-0.25, -0.2) is 13.6 Å². The molecule has 25 heavy (non-hydrogen) atoms. The normalized spacial score (nSPS) is 13.6. The van der Waals surface area contributed by atoms with Crippen LogP contribution in [-0.2, 0) is 21.2 Å². The first kappa shape index (κ1) is 18.2. The van der Waals surface area contributed by atoms with Crippen molar-refractivity contribution in [2.45, 2.75) is 11.3 Å². The fourth-order valence-corrected chi connectivity index (χ4v) is 3.99. The minimum atomic E-state index is -3.76. The molecule has 2 N–H and O–H groups in total. The number of rotatable bonds is 4. The van der Waals surface area contributed by atoms with Crippen molar-refractivity contribution >= 4 is 49.1 Å². The zero-order chi connectivity index (χ0) is 18.2. The van der Waals surface area contributed by atoms with Gasteiger partial charge in [0.05, 0.1) is 9.37 Å². The summed E-state index contributed by atoms with van der Waals surface area (Å²) < 4.78 is 29.1. The number of anilines is 1. The summed E-state index contributed by atoms with van der Waals surface area (Å²) in [7, 11) is -3.76. The van der Waals surface area contributed by atoms with Gasteiger partial charge in [0, 0.05) is 17.3 Å². The number of primary sulfonamides is 1. The van der Waals surface area contributed by atoms with Gasteiger partial charge in [-0.15, -0.1) is 0 Å². The van der Waals surface area contributed by atoms with Crippen LogP contribution in [0.2, 0.25) is 5.02 Å². The second kappa shape index (κ2) is 6.95. The van der Waals surface area contributed by atoms with Crippen molar-refractivity contribution in [3.05, 3.63) is 51.5 Å². The number of benzene rings is 2. The lowest BCUT2D eigenvalue weighted by atomic mass is 10.2. The molecule has 0 saturated heterocycles. The van der Waals surface area contributed by atoms with Crippen molar-refractivity contribution in [2.24, 2.45) is 5.14 Å². The molecule has 0 atom stereocenters. The molecule has 3 rings (SSSR count). The van der Waals surface area contributed by atoms with Crippen LogP contribution in [0.15, 0.2) is 45.8 Å². The highest BCUT2D eigenvalue weighted by molar-refractivity contribution is 9.10. The molecule has 1 aliphatic rings. The molecule has 9 heteroatoms. The predicted octanol–water partition coefficient (Wildman–Crippen LogP) is 2.72. The number of carbonyl (C=O) groups is 1. The van der Waals surface area contributed by atoms with Gasteiger partial charge in [0.15, 0.2) is 6.61 Å². The Morgan fingerprint density at radius 3 is 2.72 bits per heavy atom. The lowest BCUT2D eigenvalue weighted by Gasteiger charge is -2.18. The Kier molecular flexibility index (Phi) is 5.06. The number of nitrogens with zero attached hydrogens (tertiary/aromatic N) is 1. The molecule has 1 aliphatic heterocycles. The molecule has 0 unspecified atom stereocenters. The third kappa shape index (κ3) is 3.98. The van der Waals surface area contributed by atoms with Crippen molar-refractivity contribution in [1.29, 1.82) is 0 Å². The SMILES string of the molecule is NS(=O)(=O)c1ccc2c(c1)CCN2C(=O)COc1ccc(Cl)cc1Br. The molecule has 0 spiro atoms. The molecule has 0 aromatic heterocycles. The van der Waals surface area contributed by atoms with Crippen LogP contribution < -0.4 is 14.8 Å². The summed E-state index contributed by atoms with van der Waals surface area (Å²) in [5.74, 6) is 0.297. The number of halogens is 2. The maximum atomic E-state index is 12.5. The van der Waals surface area contributed by atoms with Crippen LogP contribution in [0.25, 0.3) is 0 Å². The summed E-state index contributed by atoms with van der Waals surface area (Å²) in [6.45, 7) is 0.323. The second-order valence-electron chi connectivity index (χ2n) is 5.49. The summed E-state index contributed by atoms with van der Waals surface area (Å²) in [5, 5.41) is 5.70. The number of nitrogens with two attached hydrogens (primary N) is 1. The van der Waals surface area contributed by atoms with Crippen molar-refractivity contribution in [3.63, 3.8) is 0 Å². The van der Waals surface area contributed by atoms with Gasteiger partial charge in [0.2, 0.25) is 10.0 Å². The minimum absolute atomic E-state index is 0.0434. The number of hydrogen-bond donors (Lipinski definition) is 1. The summed E-state index contributed by atoms with van der Waals surface area (Å²) in [6.07, 6.45) is 0.565. The van der Waals surface area contributed by atoms with E-state index in [0.717, 1.165) is 5.56 Å². The van der Waals surface area contributed by atoms with Crippen LogP contribution in [0.1, 0.15) is 5.56 Å². The molecule has 6 nitrogen and oxygen atoms in total. The van der Waals surface area contributed by atoms with E-state index >= 15 is 0 Å². The van der Waals surface area contributed by atoms with E-state index in [4.69, 9.17) is 21.5 Å². The largest absolute Gasteiger partial charge is 0.483 e. The van der Waals surface area contributed by atoms with Gasteiger partial charge < -0.3 is 9.64 Å². The molecular formula is C16H14BrClN2O4S. The Labute approximate surface area is 158 Å². The van der Waals surface area contributed by atoms with Crippen LogP contribution in [0.3, 0.4) is 0 Å². The van der Waals surface area contributed by atoms with Crippen LogP contribution in [0, 0.1) is 0 Å². The zero-order valence-electron chi connectivity index (χ0n) is 12.9. The molecule has 0 radical (unpaired) electrons. The van der Waals surface area contributed by atoms with Crippen LogP contribution in [0.5, 0.6) is 5.75 Å². The Hall–Kier alpha value is -1.61. The molecule has 132 valence electrons. The van der Waals surface area contributed by atoms with E-state index in [0.29, 0.717) is 33.9 Å². The molecule has 0 bridgehead atoms. The van der Waals surface area contributed by atoms with E-state index in [1.54, 1.807) is 29.2 Å². The van der Waals surface area contributed by atoms with Gasteiger partial charge in [0.25, 0.3) is 5.91 Å². The third-order valence-electron chi connectivity index (χ3n) is 3.82. The Bertz CT molecular complexity index is 949. The maximum Gasteiger partial charge on any atom is 0.264 e. The van der Waals surface area contributed by atoms with E-state index in [-0.39, 0.29) is 17.4 Å².